The van der Waals surface area contributed by atoms with Crippen LogP contribution in [-0.2, 0) is 19.4 Å². The van der Waals surface area contributed by atoms with E-state index in [1.807, 2.05) is 30.3 Å². The molecule has 2 atom stereocenters. The van der Waals surface area contributed by atoms with Crippen molar-refractivity contribution in [3.63, 3.8) is 0 Å². The van der Waals surface area contributed by atoms with Crippen molar-refractivity contribution in [2.75, 3.05) is 14.2 Å². The molecule has 0 amide bonds. The number of aromatic nitrogens is 3. The minimum absolute atomic E-state index is 0.118. The fourth-order valence-electron chi connectivity index (χ4n) is 5.12. The molecule has 0 spiro atoms. The number of hydrogen-bond donors (Lipinski definition) is 4. The van der Waals surface area contributed by atoms with Gasteiger partial charge in [0.2, 0.25) is 5.88 Å². The van der Waals surface area contributed by atoms with Crippen LogP contribution in [0.4, 0.5) is 0 Å². The SMILES string of the molecule is CC[C@H]1Cc2c([nH]c3ccccc23)[C@@H](c2c(O)n(CCc3ccc(OC)c(OC)c3)c(=O)[nH]c2=O)N1. The highest BCUT2D eigenvalue weighted by Gasteiger charge is 2.34. The molecule has 2 aromatic heterocycles. The van der Waals surface area contributed by atoms with E-state index in [9.17, 15) is 14.7 Å². The summed E-state index contributed by atoms with van der Waals surface area (Å²) in [6.07, 6.45) is 2.10. The summed E-state index contributed by atoms with van der Waals surface area (Å²) in [5.74, 6) is 0.857. The number of benzene rings is 2. The summed E-state index contributed by atoms with van der Waals surface area (Å²) in [4.78, 5) is 31.6. The third-order valence-electron chi connectivity index (χ3n) is 7.05. The van der Waals surface area contributed by atoms with E-state index in [1.165, 1.54) is 4.57 Å². The Labute approximate surface area is 207 Å². The molecular weight excluding hydrogens is 460 g/mol. The zero-order valence-electron chi connectivity index (χ0n) is 20.6. The predicted octanol–water partition coefficient (Wildman–Crippen LogP) is 3.00. The standard InChI is InChI=1S/C27H30N4O5/c1-4-16-14-18-17-7-5-6-8-19(17)29-23(18)24(28-16)22-25(32)30-27(34)31(26(22)33)12-11-15-9-10-20(35-2)21(13-15)36-3/h5-10,13,16,24,28-29,33H,4,11-12,14H2,1-3H3,(H,30,32,34)/t16-,24+/m0/s1. The monoisotopic (exact) mass is 490 g/mol. The van der Waals surface area contributed by atoms with E-state index >= 15 is 0 Å². The van der Waals surface area contributed by atoms with Gasteiger partial charge in [0.1, 0.15) is 5.56 Å². The first-order valence-electron chi connectivity index (χ1n) is 12.1. The van der Waals surface area contributed by atoms with E-state index in [2.05, 4.69) is 28.3 Å². The number of methoxy groups -OCH3 is 2. The van der Waals surface area contributed by atoms with Crippen LogP contribution in [0.1, 0.15) is 41.8 Å². The first kappa shape index (κ1) is 23.7. The summed E-state index contributed by atoms with van der Waals surface area (Å²) in [7, 11) is 3.13. The number of H-pyrrole nitrogens is 2. The molecule has 36 heavy (non-hydrogen) atoms. The molecule has 3 heterocycles. The number of hydrogen-bond acceptors (Lipinski definition) is 6. The second-order valence-electron chi connectivity index (χ2n) is 9.06. The lowest BCUT2D eigenvalue weighted by molar-refractivity contribution is 0.354. The number of rotatable bonds is 7. The molecule has 0 fully saturated rings. The molecule has 4 N–H and O–H groups in total. The second kappa shape index (κ2) is 9.58. The van der Waals surface area contributed by atoms with Crippen LogP contribution < -0.4 is 26.0 Å². The van der Waals surface area contributed by atoms with Crippen molar-refractivity contribution >= 4 is 10.9 Å². The highest BCUT2D eigenvalue weighted by atomic mass is 16.5. The first-order valence-corrected chi connectivity index (χ1v) is 12.1. The minimum atomic E-state index is -0.651. The van der Waals surface area contributed by atoms with Gasteiger partial charge in [-0.25, -0.2) is 4.79 Å². The number of ether oxygens (including phenoxy) is 2. The average molecular weight is 491 g/mol. The normalized spacial score (nSPS) is 17.2. The molecule has 188 valence electrons. The van der Waals surface area contributed by atoms with Gasteiger partial charge in [-0.1, -0.05) is 31.2 Å². The smallest absolute Gasteiger partial charge is 0.331 e. The Morgan fingerprint density at radius 1 is 1.06 bits per heavy atom. The summed E-state index contributed by atoms with van der Waals surface area (Å²) in [6, 6.07) is 13.1. The van der Waals surface area contributed by atoms with Gasteiger partial charge in [0.15, 0.2) is 11.5 Å². The fourth-order valence-corrected chi connectivity index (χ4v) is 5.12. The van der Waals surface area contributed by atoms with E-state index in [0.717, 1.165) is 40.6 Å². The van der Waals surface area contributed by atoms with Gasteiger partial charge >= 0.3 is 5.69 Å². The van der Waals surface area contributed by atoms with Crippen LogP contribution in [-0.4, -0.2) is 39.9 Å². The number of aromatic amines is 2. The summed E-state index contributed by atoms with van der Waals surface area (Å²) in [5, 5.41) is 15.9. The summed E-state index contributed by atoms with van der Waals surface area (Å²) >= 11 is 0. The number of aryl methyl sites for hydroxylation is 1. The Morgan fingerprint density at radius 3 is 2.58 bits per heavy atom. The lowest BCUT2D eigenvalue weighted by atomic mass is 9.90. The molecule has 0 saturated heterocycles. The van der Waals surface area contributed by atoms with Gasteiger partial charge in [-0.15, -0.1) is 0 Å². The van der Waals surface area contributed by atoms with Crippen molar-refractivity contribution in [1.82, 2.24) is 19.9 Å². The van der Waals surface area contributed by atoms with Crippen molar-refractivity contribution in [3.8, 4) is 17.4 Å². The van der Waals surface area contributed by atoms with Crippen molar-refractivity contribution in [3.05, 3.63) is 85.7 Å². The molecule has 4 aromatic rings. The van der Waals surface area contributed by atoms with Crippen LogP contribution in [0.2, 0.25) is 0 Å². The number of nitrogens with one attached hydrogen (secondary N) is 3. The molecule has 1 aliphatic heterocycles. The topological polar surface area (TPSA) is 121 Å². The second-order valence-corrected chi connectivity index (χ2v) is 9.06. The number of nitrogens with zero attached hydrogens (tertiary/aromatic N) is 1. The largest absolute Gasteiger partial charge is 0.494 e. The van der Waals surface area contributed by atoms with Gasteiger partial charge in [-0.05, 0) is 48.6 Å². The maximum atomic E-state index is 13.0. The quantitative estimate of drug-likeness (QED) is 0.316. The average Bonchev–Trinajstić information content (AvgIpc) is 3.26. The summed E-state index contributed by atoms with van der Waals surface area (Å²) in [6.45, 7) is 2.26. The van der Waals surface area contributed by atoms with Crippen molar-refractivity contribution in [2.45, 2.75) is 44.8 Å². The number of fused-ring (bicyclic) bond motifs is 3. The third kappa shape index (κ3) is 4.05. The molecule has 0 unspecified atom stereocenters. The van der Waals surface area contributed by atoms with Crippen LogP contribution >= 0.6 is 0 Å². The molecule has 1 aliphatic rings. The zero-order chi connectivity index (χ0) is 25.4. The molecule has 0 saturated carbocycles. The molecule has 0 radical (unpaired) electrons. The van der Waals surface area contributed by atoms with E-state index in [4.69, 9.17) is 9.47 Å². The maximum Gasteiger partial charge on any atom is 0.331 e. The lowest BCUT2D eigenvalue weighted by Crippen LogP contribution is -2.43. The van der Waals surface area contributed by atoms with Gasteiger partial charge in [0.05, 0.1) is 20.3 Å². The van der Waals surface area contributed by atoms with Gasteiger partial charge in [-0.2, -0.15) is 0 Å². The maximum absolute atomic E-state index is 13.0. The molecule has 0 bridgehead atoms. The van der Waals surface area contributed by atoms with Crippen molar-refractivity contribution in [1.29, 1.82) is 0 Å². The first-order chi connectivity index (χ1) is 17.4. The molecule has 9 heteroatoms. The fraction of sp³-hybridized carbons (Fsp3) is 0.333. The predicted molar refractivity (Wildman–Crippen MR) is 137 cm³/mol. The van der Waals surface area contributed by atoms with Crippen molar-refractivity contribution in [2.24, 2.45) is 0 Å². The third-order valence-corrected chi connectivity index (χ3v) is 7.05. The Hall–Kier alpha value is -3.98. The highest BCUT2D eigenvalue weighted by Crippen LogP contribution is 2.37. The molecule has 0 aliphatic carbocycles. The lowest BCUT2D eigenvalue weighted by Gasteiger charge is -2.31. The summed E-state index contributed by atoms with van der Waals surface area (Å²) < 4.78 is 11.9. The van der Waals surface area contributed by atoms with Gasteiger partial charge in [-0.3, -0.25) is 14.3 Å². The Balaban J connectivity index is 1.55. The van der Waals surface area contributed by atoms with Crippen LogP contribution in [0.25, 0.3) is 10.9 Å². The highest BCUT2D eigenvalue weighted by molar-refractivity contribution is 5.85. The number of aromatic hydroxyl groups is 1. The van der Waals surface area contributed by atoms with E-state index < -0.39 is 17.3 Å². The Bertz CT molecular complexity index is 1530. The zero-order valence-corrected chi connectivity index (χ0v) is 20.6. The summed E-state index contributed by atoms with van der Waals surface area (Å²) in [5.41, 5.74) is 2.72. The van der Waals surface area contributed by atoms with Crippen molar-refractivity contribution < 1.29 is 14.6 Å². The van der Waals surface area contributed by atoms with Crippen LogP contribution in [0.15, 0.2) is 52.1 Å². The van der Waals surface area contributed by atoms with E-state index in [-0.39, 0.29) is 24.0 Å². The Kier molecular flexibility index (Phi) is 6.32. The van der Waals surface area contributed by atoms with Crippen LogP contribution in [0.3, 0.4) is 0 Å². The van der Waals surface area contributed by atoms with Gasteiger partial charge < -0.3 is 24.9 Å². The van der Waals surface area contributed by atoms with Gasteiger partial charge in [0, 0.05) is 29.2 Å². The Morgan fingerprint density at radius 2 is 1.83 bits per heavy atom. The van der Waals surface area contributed by atoms with Gasteiger partial charge in [0.25, 0.3) is 5.56 Å². The minimum Gasteiger partial charge on any atom is -0.494 e. The van der Waals surface area contributed by atoms with Crippen LogP contribution in [0.5, 0.6) is 17.4 Å². The molecule has 5 rings (SSSR count). The van der Waals surface area contributed by atoms with Crippen LogP contribution in [0, 0.1) is 0 Å². The molecular formula is C27H30N4O5. The van der Waals surface area contributed by atoms with E-state index in [1.54, 1.807) is 20.3 Å². The molecule has 2 aromatic carbocycles. The molecule has 9 nitrogen and oxygen atoms in total. The van der Waals surface area contributed by atoms with E-state index in [0.29, 0.717) is 17.9 Å². The number of para-hydroxylation sites is 1.